The Labute approximate surface area is 160 Å². The van der Waals surface area contributed by atoms with Crippen molar-refractivity contribution in [3.05, 3.63) is 35.2 Å². The van der Waals surface area contributed by atoms with Gasteiger partial charge in [0.15, 0.2) is 16.8 Å². The normalized spacial score (nSPS) is 18.0. The van der Waals surface area contributed by atoms with Crippen LogP contribution in [-0.2, 0) is 14.8 Å². The van der Waals surface area contributed by atoms with Gasteiger partial charge in [-0.2, -0.15) is 4.31 Å². The molecule has 6 nitrogen and oxygen atoms in total. The summed E-state index contributed by atoms with van der Waals surface area (Å²) in [6, 6.07) is 2.69. The highest BCUT2D eigenvalue weighted by Gasteiger charge is 2.38. The zero-order valence-electron chi connectivity index (χ0n) is 14.6. The molecule has 1 aliphatic rings. The average molecular weight is 415 g/mol. The minimum absolute atomic E-state index is 0.00825. The smallest absolute Gasteiger partial charge is 0.244 e. The lowest BCUT2D eigenvalue weighted by atomic mass is 10.2. The maximum atomic E-state index is 13.4. The summed E-state index contributed by atoms with van der Waals surface area (Å²) in [5, 5.41) is 4.53. The number of carbonyl (C=O) groups is 1. The van der Waals surface area contributed by atoms with E-state index in [0.717, 1.165) is 23.5 Å². The van der Waals surface area contributed by atoms with Crippen LogP contribution in [0.15, 0.2) is 23.6 Å². The predicted molar refractivity (Wildman–Crippen MR) is 99.9 cm³/mol. The average Bonchev–Trinajstić information content (AvgIpc) is 3.27. The van der Waals surface area contributed by atoms with Crippen LogP contribution in [0.1, 0.15) is 26.2 Å². The maximum Gasteiger partial charge on any atom is 0.244 e. The van der Waals surface area contributed by atoms with Crippen molar-refractivity contribution in [2.75, 3.05) is 17.6 Å². The third-order valence-electron chi connectivity index (χ3n) is 4.28. The van der Waals surface area contributed by atoms with Crippen LogP contribution in [-0.4, -0.2) is 42.0 Å². The molecule has 1 amide bonds. The van der Waals surface area contributed by atoms with Crippen LogP contribution < -0.4 is 5.32 Å². The zero-order valence-corrected chi connectivity index (χ0v) is 16.2. The summed E-state index contributed by atoms with van der Waals surface area (Å²) in [7, 11) is -3.46. The zero-order chi connectivity index (χ0) is 19.6. The van der Waals surface area contributed by atoms with Gasteiger partial charge in [-0.05, 0) is 37.5 Å². The Bertz CT molecular complexity index is 947. The number of sulfonamides is 1. The Balaban J connectivity index is 1.73. The Kier molecular flexibility index (Phi) is 5.87. The second-order valence-electron chi connectivity index (χ2n) is 6.24. The lowest BCUT2D eigenvalue weighted by Crippen LogP contribution is -2.44. The van der Waals surface area contributed by atoms with Gasteiger partial charge in [-0.1, -0.05) is 6.92 Å². The molecule has 1 aromatic carbocycles. The molecule has 10 heteroatoms. The molecule has 27 heavy (non-hydrogen) atoms. The molecule has 2 aromatic rings. The van der Waals surface area contributed by atoms with Crippen LogP contribution >= 0.6 is 11.3 Å². The molecule has 146 valence electrons. The van der Waals surface area contributed by atoms with E-state index in [0.29, 0.717) is 37.1 Å². The maximum absolute atomic E-state index is 13.4. The van der Waals surface area contributed by atoms with Crippen LogP contribution in [0.2, 0.25) is 0 Å². The van der Waals surface area contributed by atoms with Gasteiger partial charge in [0.2, 0.25) is 15.9 Å². The molecule has 1 fully saturated rings. The number of nitrogens with zero attached hydrogens (tertiary/aromatic N) is 2. The fourth-order valence-corrected chi connectivity index (χ4v) is 5.49. The summed E-state index contributed by atoms with van der Waals surface area (Å²) in [5.74, 6) is -2.35. The first kappa shape index (κ1) is 19.8. The van der Waals surface area contributed by atoms with E-state index in [9.17, 15) is 22.0 Å². The van der Waals surface area contributed by atoms with Gasteiger partial charge in [-0.3, -0.25) is 4.79 Å². The van der Waals surface area contributed by atoms with E-state index < -0.39 is 33.6 Å². The number of amides is 1. The Hall–Kier alpha value is -1.91. The highest BCUT2D eigenvalue weighted by molar-refractivity contribution is 7.89. The molecule has 0 unspecified atom stereocenters. The lowest BCUT2D eigenvalue weighted by molar-refractivity contribution is -0.119. The van der Waals surface area contributed by atoms with Crippen LogP contribution in [0, 0.1) is 11.6 Å². The van der Waals surface area contributed by atoms with Crippen molar-refractivity contribution in [2.45, 2.75) is 32.2 Å². The second kappa shape index (κ2) is 7.99. The molecule has 0 spiro atoms. The van der Waals surface area contributed by atoms with Gasteiger partial charge in [0.1, 0.15) is 6.04 Å². The van der Waals surface area contributed by atoms with Crippen molar-refractivity contribution in [1.29, 1.82) is 0 Å². The quantitative estimate of drug-likeness (QED) is 0.786. The van der Waals surface area contributed by atoms with Crippen LogP contribution in [0.3, 0.4) is 0 Å². The molecule has 1 aromatic heterocycles. The summed E-state index contributed by atoms with van der Waals surface area (Å²) in [6.07, 6.45) is 1.56. The number of halogens is 2. The van der Waals surface area contributed by atoms with Crippen LogP contribution in [0.5, 0.6) is 0 Å². The summed E-state index contributed by atoms with van der Waals surface area (Å²) in [6.45, 7) is 2.11. The van der Waals surface area contributed by atoms with Crippen molar-refractivity contribution in [2.24, 2.45) is 0 Å². The number of nitrogens with one attached hydrogen (secondary N) is 1. The van der Waals surface area contributed by atoms with Crippen LogP contribution in [0.25, 0.3) is 11.3 Å². The van der Waals surface area contributed by atoms with Crippen molar-refractivity contribution >= 4 is 32.4 Å². The molecule has 0 saturated carbocycles. The molecule has 1 atom stereocenters. The van der Waals surface area contributed by atoms with Crippen molar-refractivity contribution in [1.82, 2.24) is 9.29 Å². The molecule has 3 rings (SSSR count). The first-order valence-electron chi connectivity index (χ1n) is 8.53. The first-order chi connectivity index (χ1) is 12.8. The molecule has 1 N–H and O–H groups in total. The van der Waals surface area contributed by atoms with Crippen molar-refractivity contribution in [3.63, 3.8) is 0 Å². The first-order valence-corrected chi connectivity index (χ1v) is 11.0. The van der Waals surface area contributed by atoms with E-state index in [4.69, 9.17) is 0 Å². The summed E-state index contributed by atoms with van der Waals surface area (Å²) < 4.78 is 52.3. The fourth-order valence-electron chi connectivity index (χ4n) is 3.02. The topological polar surface area (TPSA) is 79.4 Å². The highest BCUT2D eigenvalue weighted by Crippen LogP contribution is 2.28. The van der Waals surface area contributed by atoms with Crippen molar-refractivity contribution < 1.29 is 22.0 Å². The van der Waals surface area contributed by atoms with Gasteiger partial charge in [-0.25, -0.2) is 22.2 Å². The molecule has 2 heterocycles. The fraction of sp³-hybridized carbons (Fsp3) is 0.412. The summed E-state index contributed by atoms with van der Waals surface area (Å²) in [4.78, 5) is 16.8. The van der Waals surface area contributed by atoms with E-state index in [2.05, 4.69) is 10.3 Å². The molecule has 0 bridgehead atoms. The van der Waals surface area contributed by atoms with Crippen LogP contribution in [0.4, 0.5) is 13.9 Å². The van der Waals surface area contributed by atoms with Crippen molar-refractivity contribution in [3.8, 4) is 11.3 Å². The number of hydrogen-bond acceptors (Lipinski definition) is 5. The summed E-state index contributed by atoms with van der Waals surface area (Å²) >= 11 is 1.13. The standard InChI is InChI=1S/C17H19F2N3O3S2/c1-2-8-27(24,25)22-7-3-4-15(22)16(23)21-17-20-14(10-26-17)11-5-6-12(18)13(19)9-11/h5-6,9-10,15H,2-4,7-8H2,1H3,(H,20,21,23)/t15-/m0/s1. The van der Waals surface area contributed by atoms with Gasteiger partial charge >= 0.3 is 0 Å². The Morgan fingerprint density at radius 3 is 2.85 bits per heavy atom. The minimum atomic E-state index is -3.46. The van der Waals surface area contributed by atoms with E-state index in [1.807, 2.05) is 0 Å². The number of rotatable bonds is 6. The van der Waals surface area contributed by atoms with Gasteiger partial charge in [0, 0.05) is 17.5 Å². The minimum Gasteiger partial charge on any atom is -0.301 e. The third-order valence-corrected chi connectivity index (χ3v) is 7.11. The number of anilines is 1. The largest absolute Gasteiger partial charge is 0.301 e. The van der Waals surface area contributed by atoms with E-state index in [1.54, 1.807) is 12.3 Å². The van der Waals surface area contributed by atoms with Gasteiger partial charge in [-0.15, -0.1) is 11.3 Å². The predicted octanol–water partition coefficient (Wildman–Crippen LogP) is 3.23. The monoisotopic (exact) mass is 415 g/mol. The number of carbonyl (C=O) groups excluding carboxylic acids is 1. The number of hydrogen-bond donors (Lipinski definition) is 1. The van der Waals surface area contributed by atoms with E-state index in [-0.39, 0.29) is 10.9 Å². The SMILES string of the molecule is CCCS(=O)(=O)N1CCC[C@H]1C(=O)Nc1nc(-c2ccc(F)c(F)c2)cs1. The molecule has 1 aliphatic heterocycles. The Morgan fingerprint density at radius 1 is 1.37 bits per heavy atom. The van der Waals surface area contributed by atoms with E-state index >= 15 is 0 Å². The molecule has 1 saturated heterocycles. The summed E-state index contributed by atoms with van der Waals surface area (Å²) in [5.41, 5.74) is 0.787. The van der Waals surface area contributed by atoms with Gasteiger partial charge < -0.3 is 5.32 Å². The number of aromatic nitrogens is 1. The lowest BCUT2D eigenvalue weighted by Gasteiger charge is -2.22. The van der Waals surface area contributed by atoms with Gasteiger partial charge in [0.05, 0.1) is 11.4 Å². The molecular weight excluding hydrogens is 396 g/mol. The van der Waals surface area contributed by atoms with Gasteiger partial charge in [0.25, 0.3) is 0 Å². The second-order valence-corrected chi connectivity index (χ2v) is 9.14. The molecular formula is C17H19F2N3O3S2. The number of thiazole rings is 1. The Morgan fingerprint density at radius 2 is 2.15 bits per heavy atom. The molecule has 0 aliphatic carbocycles. The number of benzene rings is 1. The third kappa shape index (κ3) is 4.33. The van der Waals surface area contributed by atoms with E-state index in [1.165, 1.54) is 10.4 Å². The molecule has 0 radical (unpaired) electrons. The highest BCUT2D eigenvalue weighted by atomic mass is 32.2.